The Hall–Kier alpha value is -0.610. The molecule has 4 rings (SSSR count). The number of hydrogen-bond acceptors (Lipinski definition) is 3. The Labute approximate surface area is 112 Å². The molecule has 6 atom stereocenters. The second kappa shape index (κ2) is 3.94. The Kier molecular flexibility index (Phi) is 2.46. The molecule has 2 bridgehead atoms. The fraction of sp³-hybridized carbons (Fsp3) is 0.571. The molecule has 6 unspecified atom stereocenters. The van der Waals surface area contributed by atoms with E-state index in [9.17, 15) is 5.11 Å². The summed E-state index contributed by atoms with van der Waals surface area (Å²) in [5, 5.41) is 18.2. The quantitative estimate of drug-likeness (QED) is 0.708. The maximum Gasteiger partial charge on any atom is 0.0743 e. The van der Waals surface area contributed by atoms with E-state index in [1.165, 1.54) is 5.56 Å². The zero-order valence-corrected chi connectivity index (χ0v) is 10.8. The molecular formula is C14H17ClN2O. The molecule has 2 heterocycles. The van der Waals surface area contributed by atoms with E-state index in [0.717, 1.165) is 18.1 Å². The lowest BCUT2D eigenvalue weighted by Crippen LogP contribution is -2.67. The highest BCUT2D eigenvalue weighted by Gasteiger charge is 2.57. The molecule has 4 heteroatoms. The molecule has 0 aromatic heterocycles. The van der Waals surface area contributed by atoms with E-state index in [2.05, 4.69) is 22.8 Å². The number of fused-ring (bicyclic) bond motifs is 4. The average Bonchev–Trinajstić information content (AvgIpc) is 2.62. The second-order valence-electron chi connectivity index (χ2n) is 5.76. The summed E-state index contributed by atoms with van der Waals surface area (Å²) < 4.78 is 0. The molecular weight excluding hydrogens is 248 g/mol. The maximum absolute atomic E-state index is 10.4. The summed E-state index contributed by atoms with van der Waals surface area (Å²) >= 11 is 5.96. The van der Waals surface area contributed by atoms with Crippen LogP contribution in [0.4, 0.5) is 0 Å². The molecule has 3 aliphatic rings. The third-order valence-electron chi connectivity index (χ3n) is 5.01. The Bertz CT molecular complexity index is 463. The fourth-order valence-corrected chi connectivity index (χ4v) is 4.19. The summed E-state index contributed by atoms with van der Waals surface area (Å²) in [5.74, 6) is 1.30. The van der Waals surface area contributed by atoms with Crippen LogP contribution in [-0.4, -0.2) is 36.4 Å². The first-order valence-electron chi connectivity index (χ1n) is 6.66. The monoisotopic (exact) mass is 264 g/mol. The predicted octanol–water partition coefficient (Wildman–Crippen LogP) is 0.974. The van der Waals surface area contributed by atoms with Gasteiger partial charge in [0.1, 0.15) is 0 Å². The van der Waals surface area contributed by atoms with E-state index < -0.39 is 0 Å². The van der Waals surface area contributed by atoms with Crippen LogP contribution in [0.2, 0.25) is 5.02 Å². The molecule has 1 saturated carbocycles. The maximum atomic E-state index is 10.4. The minimum absolute atomic E-state index is 0.200. The summed E-state index contributed by atoms with van der Waals surface area (Å²) in [6, 6.07) is 8.92. The van der Waals surface area contributed by atoms with Crippen LogP contribution in [0.25, 0.3) is 0 Å². The molecule has 3 nitrogen and oxygen atoms in total. The van der Waals surface area contributed by atoms with Crippen LogP contribution in [0.5, 0.6) is 0 Å². The van der Waals surface area contributed by atoms with Crippen LogP contribution in [0.15, 0.2) is 24.3 Å². The van der Waals surface area contributed by atoms with Gasteiger partial charge in [-0.25, -0.2) is 0 Å². The van der Waals surface area contributed by atoms with Gasteiger partial charge < -0.3 is 15.7 Å². The summed E-state index contributed by atoms with van der Waals surface area (Å²) in [6.07, 6.45) is -0.200. The SMILES string of the molecule is OC1C2CNC1C1CNC1C2c1ccc(Cl)cc1. The molecule has 3 N–H and O–H groups in total. The number of nitrogens with one attached hydrogen (secondary N) is 2. The van der Waals surface area contributed by atoms with Crippen molar-refractivity contribution < 1.29 is 5.11 Å². The van der Waals surface area contributed by atoms with Crippen LogP contribution in [0.1, 0.15) is 11.5 Å². The number of aliphatic hydroxyl groups is 1. The number of benzene rings is 1. The minimum Gasteiger partial charge on any atom is -0.391 e. The van der Waals surface area contributed by atoms with Crippen molar-refractivity contribution in [3.05, 3.63) is 34.9 Å². The van der Waals surface area contributed by atoms with Gasteiger partial charge in [0, 0.05) is 47.9 Å². The number of aliphatic hydroxyl groups excluding tert-OH is 1. The standard InChI is InChI=1S/C14H17ClN2O/c15-8-3-1-7(2-4-8)11-9-5-17-13(14(9)18)10-6-16-12(10)11/h1-4,9-14,16-18H,5-6H2. The molecule has 0 radical (unpaired) electrons. The van der Waals surface area contributed by atoms with Crippen molar-refractivity contribution in [3.8, 4) is 0 Å². The van der Waals surface area contributed by atoms with Gasteiger partial charge in [-0.2, -0.15) is 0 Å². The summed E-state index contributed by atoms with van der Waals surface area (Å²) in [5.41, 5.74) is 1.30. The van der Waals surface area contributed by atoms with Gasteiger partial charge >= 0.3 is 0 Å². The predicted molar refractivity (Wildman–Crippen MR) is 70.8 cm³/mol. The molecule has 96 valence electrons. The lowest BCUT2D eigenvalue weighted by molar-refractivity contribution is -0.00625. The second-order valence-corrected chi connectivity index (χ2v) is 6.20. The van der Waals surface area contributed by atoms with Gasteiger partial charge in [-0.05, 0) is 17.7 Å². The highest BCUT2D eigenvalue weighted by Crippen LogP contribution is 2.47. The van der Waals surface area contributed by atoms with Crippen molar-refractivity contribution in [1.29, 1.82) is 0 Å². The van der Waals surface area contributed by atoms with Crippen molar-refractivity contribution in [2.75, 3.05) is 13.1 Å². The Morgan fingerprint density at radius 3 is 2.33 bits per heavy atom. The lowest BCUT2D eigenvalue weighted by atomic mass is 9.63. The van der Waals surface area contributed by atoms with Crippen molar-refractivity contribution in [2.24, 2.45) is 11.8 Å². The zero-order chi connectivity index (χ0) is 12.3. The van der Waals surface area contributed by atoms with Gasteiger partial charge in [0.2, 0.25) is 0 Å². The van der Waals surface area contributed by atoms with Crippen molar-refractivity contribution in [3.63, 3.8) is 0 Å². The highest BCUT2D eigenvalue weighted by atomic mass is 35.5. The molecule has 1 aliphatic carbocycles. The molecule has 0 spiro atoms. The van der Waals surface area contributed by atoms with Crippen molar-refractivity contribution in [1.82, 2.24) is 10.6 Å². The normalized spacial score (nSPS) is 45.4. The molecule has 0 amide bonds. The van der Waals surface area contributed by atoms with Crippen LogP contribution in [0, 0.1) is 11.8 Å². The Morgan fingerprint density at radius 1 is 1.00 bits per heavy atom. The van der Waals surface area contributed by atoms with Gasteiger partial charge in [-0.1, -0.05) is 23.7 Å². The average molecular weight is 265 g/mol. The van der Waals surface area contributed by atoms with E-state index in [0.29, 0.717) is 29.8 Å². The topological polar surface area (TPSA) is 44.3 Å². The van der Waals surface area contributed by atoms with Gasteiger partial charge in [0.25, 0.3) is 0 Å². The first kappa shape index (κ1) is 11.2. The molecule has 2 saturated heterocycles. The zero-order valence-electron chi connectivity index (χ0n) is 10.0. The molecule has 1 aromatic rings. The van der Waals surface area contributed by atoms with Crippen LogP contribution in [-0.2, 0) is 0 Å². The van der Waals surface area contributed by atoms with E-state index in [1.54, 1.807) is 0 Å². The third-order valence-corrected chi connectivity index (χ3v) is 5.26. The molecule has 3 fully saturated rings. The van der Waals surface area contributed by atoms with Gasteiger partial charge in [-0.3, -0.25) is 0 Å². The van der Waals surface area contributed by atoms with E-state index >= 15 is 0 Å². The first-order valence-corrected chi connectivity index (χ1v) is 7.04. The smallest absolute Gasteiger partial charge is 0.0743 e. The third kappa shape index (κ3) is 1.42. The summed E-state index contributed by atoms with van der Waals surface area (Å²) in [6.45, 7) is 1.95. The van der Waals surface area contributed by atoms with Crippen LogP contribution in [0.3, 0.4) is 0 Å². The Morgan fingerprint density at radius 2 is 1.67 bits per heavy atom. The number of halogens is 1. The first-order chi connectivity index (χ1) is 8.75. The number of hydrogen-bond donors (Lipinski definition) is 3. The summed E-state index contributed by atoms with van der Waals surface area (Å²) in [4.78, 5) is 0. The number of rotatable bonds is 1. The van der Waals surface area contributed by atoms with Crippen LogP contribution < -0.4 is 10.6 Å². The van der Waals surface area contributed by atoms with Gasteiger partial charge in [-0.15, -0.1) is 0 Å². The van der Waals surface area contributed by atoms with Gasteiger partial charge in [0.15, 0.2) is 0 Å². The summed E-state index contributed by atoms with van der Waals surface area (Å²) in [7, 11) is 0. The largest absolute Gasteiger partial charge is 0.391 e. The fourth-order valence-electron chi connectivity index (χ4n) is 4.06. The molecule has 1 aromatic carbocycles. The molecule has 18 heavy (non-hydrogen) atoms. The van der Waals surface area contributed by atoms with Crippen LogP contribution >= 0.6 is 11.6 Å². The minimum atomic E-state index is -0.200. The van der Waals surface area contributed by atoms with Crippen molar-refractivity contribution >= 4 is 11.6 Å². The highest BCUT2D eigenvalue weighted by molar-refractivity contribution is 6.30. The Balaban J connectivity index is 1.72. The van der Waals surface area contributed by atoms with E-state index in [4.69, 9.17) is 11.6 Å². The van der Waals surface area contributed by atoms with Gasteiger partial charge in [0.05, 0.1) is 6.10 Å². The van der Waals surface area contributed by atoms with E-state index in [-0.39, 0.29) is 6.10 Å². The van der Waals surface area contributed by atoms with Crippen molar-refractivity contribution in [2.45, 2.75) is 24.1 Å². The van der Waals surface area contributed by atoms with E-state index in [1.807, 2.05) is 12.1 Å². The lowest BCUT2D eigenvalue weighted by Gasteiger charge is -2.52. The molecule has 2 aliphatic heterocycles.